The topological polar surface area (TPSA) is 15.8 Å². The summed E-state index contributed by atoms with van der Waals surface area (Å²) in [4.78, 5) is 3.09. The third-order valence-corrected chi connectivity index (χ3v) is 2.54. The zero-order valence-corrected chi connectivity index (χ0v) is 12.8. The van der Waals surface area contributed by atoms with Crippen LogP contribution in [-0.4, -0.2) is 4.98 Å². The molecule has 0 fully saturated rings. The van der Waals surface area contributed by atoms with Crippen molar-refractivity contribution in [1.29, 1.82) is 0 Å². The molecule has 1 aromatic carbocycles. The number of aromatic nitrogens is 1. The molecule has 0 saturated heterocycles. The molecule has 1 nitrogen and oxygen atoms in total. The van der Waals surface area contributed by atoms with Gasteiger partial charge in [-0.3, -0.25) is 0 Å². The smallest absolute Gasteiger partial charge is 0.337 e. The summed E-state index contributed by atoms with van der Waals surface area (Å²) in [7, 11) is 0. The molecule has 0 amide bonds. The Kier molecular flexibility index (Phi) is 6.59. The van der Waals surface area contributed by atoms with E-state index in [1.807, 2.05) is 18.2 Å². The molecule has 0 bridgehead atoms. The monoisotopic (exact) mass is 213 g/mol. The van der Waals surface area contributed by atoms with Crippen molar-refractivity contribution in [2.45, 2.75) is 0 Å². The Hall–Kier alpha value is 1.33. The van der Waals surface area contributed by atoms with E-state index in [0.29, 0.717) is 0 Å². The Morgan fingerprint density at radius 2 is 1.83 bits per heavy atom. The SMILES string of the molecule is S=c1[nH]c2ccccc2s1.[Na+].[Na+]. The predicted molar refractivity (Wildman–Crippen MR) is 47.0 cm³/mol. The van der Waals surface area contributed by atoms with Gasteiger partial charge in [0.1, 0.15) is 0 Å². The first kappa shape index (κ1) is 13.3. The standard InChI is InChI=1S/C7H5NS2.2Na/c9-7-8-5-3-1-2-4-6(5)10-7;;/h1-4H,(H,8,9);;/q;2*+1. The van der Waals surface area contributed by atoms with Gasteiger partial charge in [0.2, 0.25) is 0 Å². The summed E-state index contributed by atoms with van der Waals surface area (Å²) in [6, 6.07) is 8.11. The van der Waals surface area contributed by atoms with Crippen molar-refractivity contribution in [3.63, 3.8) is 0 Å². The van der Waals surface area contributed by atoms with Crippen molar-refractivity contribution in [1.82, 2.24) is 4.98 Å². The van der Waals surface area contributed by atoms with Gasteiger partial charge in [-0.15, -0.1) is 11.3 Å². The van der Waals surface area contributed by atoms with Gasteiger partial charge in [-0.05, 0) is 24.4 Å². The third kappa shape index (κ3) is 2.93. The first-order valence-corrected chi connectivity index (χ1v) is 4.16. The second-order valence-electron chi connectivity index (χ2n) is 2.01. The first-order valence-electron chi connectivity index (χ1n) is 2.94. The molecule has 0 radical (unpaired) electrons. The molecule has 12 heavy (non-hydrogen) atoms. The maximum absolute atomic E-state index is 4.98. The number of benzene rings is 1. The first-order chi connectivity index (χ1) is 4.86. The number of aromatic amines is 1. The summed E-state index contributed by atoms with van der Waals surface area (Å²) < 4.78 is 2.08. The minimum absolute atomic E-state index is 0. The van der Waals surface area contributed by atoms with E-state index in [-0.39, 0.29) is 59.1 Å². The number of H-pyrrole nitrogens is 1. The average Bonchev–Trinajstić information content (AvgIpc) is 2.27. The molecule has 2 rings (SSSR count). The Morgan fingerprint density at radius 1 is 1.17 bits per heavy atom. The molecular formula is C7H5NNa2S2+2. The molecule has 0 aliphatic heterocycles. The van der Waals surface area contributed by atoms with E-state index < -0.39 is 0 Å². The number of fused-ring (bicyclic) bond motifs is 1. The van der Waals surface area contributed by atoms with Crippen LogP contribution in [0.15, 0.2) is 24.3 Å². The summed E-state index contributed by atoms with van der Waals surface area (Å²) in [5, 5.41) is 0. The molecule has 5 heteroatoms. The van der Waals surface area contributed by atoms with Crippen LogP contribution in [0, 0.1) is 3.95 Å². The molecule has 0 spiro atoms. The molecule has 0 saturated carbocycles. The van der Waals surface area contributed by atoms with Crippen molar-refractivity contribution in [3.8, 4) is 0 Å². The molecule has 1 N–H and O–H groups in total. The van der Waals surface area contributed by atoms with Crippen LogP contribution in [0.1, 0.15) is 0 Å². The van der Waals surface area contributed by atoms with Crippen molar-refractivity contribution in [3.05, 3.63) is 28.2 Å². The second-order valence-corrected chi connectivity index (χ2v) is 3.73. The van der Waals surface area contributed by atoms with Crippen molar-refractivity contribution >= 4 is 33.8 Å². The van der Waals surface area contributed by atoms with Crippen LogP contribution < -0.4 is 59.1 Å². The maximum Gasteiger partial charge on any atom is 1.00 e. The van der Waals surface area contributed by atoms with E-state index in [9.17, 15) is 0 Å². The van der Waals surface area contributed by atoms with Crippen LogP contribution >= 0.6 is 23.6 Å². The van der Waals surface area contributed by atoms with Gasteiger partial charge in [-0.1, -0.05) is 12.1 Å². The minimum Gasteiger partial charge on any atom is -0.337 e. The molecule has 0 aliphatic rings. The molecule has 0 aliphatic carbocycles. The van der Waals surface area contributed by atoms with Crippen LogP contribution in [0.25, 0.3) is 10.2 Å². The van der Waals surface area contributed by atoms with Crippen LogP contribution in [-0.2, 0) is 0 Å². The van der Waals surface area contributed by atoms with Gasteiger partial charge in [0.25, 0.3) is 0 Å². The molecule has 50 valence electrons. The summed E-state index contributed by atoms with van der Waals surface area (Å²) in [5.41, 5.74) is 1.14. The van der Waals surface area contributed by atoms with E-state index >= 15 is 0 Å². The Labute approximate surface area is 124 Å². The van der Waals surface area contributed by atoms with Gasteiger partial charge in [-0.2, -0.15) is 0 Å². The molecule has 0 unspecified atom stereocenters. The zero-order valence-electron chi connectivity index (χ0n) is 7.13. The van der Waals surface area contributed by atoms with E-state index in [1.54, 1.807) is 11.3 Å². The number of para-hydroxylation sites is 1. The average molecular weight is 213 g/mol. The third-order valence-electron chi connectivity index (χ3n) is 1.33. The summed E-state index contributed by atoms with van der Waals surface area (Å²) in [6.07, 6.45) is 0. The van der Waals surface area contributed by atoms with Gasteiger partial charge in [0.05, 0.1) is 10.2 Å². The van der Waals surface area contributed by atoms with Crippen LogP contribution in [0.3, 0.4) is 0 Å². The Bertz CT molecular complexity index is 371. The van der Waals surface area contributed by atoms with Gasteiger partial charge < -0.3 is 4.98 Å². The number of thiazole rings is 1. The number of hydrogen-bond acceptors (Lipinski definition) is 2. The van der Waals surface area contributed by atoms with E-state index in [2.05, 4.69) is 11.1 Å². The largest absolute Gasteiger partial charge is 1.00 e. The van der Waals surface area contributed by atoms with Crippen LogP contribution in [0.5, 0.6) is 0 Å². The fourth-order valence-electron chi connectivity index (χ4n) is 0.894. The fraction of sp³-hybridized carbons (Fsp3) is 0. The summed E-state index contributed by atoms with van der Waals surface area (Å²) in [5.74, 6) is 0. The van der Waals surface area contributed by atoms with Gasteiger partial charge in [0, 0.05) is 0 Å². The van der Waals surface area contributed by atoms with E-state index in [4.69, 9.17) is 12.2 Å². The minimum atomic E-state index is 0. The zero-order chi connectivity index (χ0) is 6.97. The predicted octanol–water partition coefficient (Wildman–Crippen LogP) is -3.03. The molecule has 0 atom stereocenters. The van der Waals surface area contributed by atoms with Crippen molar-refractivity contribution in [2.24, 2.45) is 0 Å². The summed E-state index contributed by atoms with van der Waals surface area (Å²) in [6.45, 7) is 0. The number of nitrogens with one attached hydrogen (secondary N) is 1. The van der Waals surface area contributed by atoms with Crippen LogP contribution in [0.2, 0.25) is 0 Å². The van der Waals surface area contributed by atoms with Gasteiger partial charge in [0.15, 0.2) is 3.95 Å². The molecular weight excluding hydrogens is 208 g/mol. The van der Waals surface area contributed by atoms with Crippen LogP contribution in [0.4, 0.5) is 0 Å². The number of rotatable bonds is 0. The normalized spacial score (nSPS) is 8.67. The van der Waals surface area contributed by atoms with Crippen molar-refractivity contribution in [2.75, 3.05) is 0 Å². The summed E-state index contributed by atoms with van der Waals surface area (Å²) >= 11 is 6.59. The van der Waals surface area contributed by atoms with Gasteiger partial charge in [-0.25, -0.2) is 0 Å². The second kappa shape index (κ2) is 5.94. The Morgan fingerprint density at radius 3 is 2.50 bits per heavy atom. The Balaban J connectivity index is 0.000000605. The quantitative estimate of drug-likeness (QED) is 0.363. The number of hydrogen-bond donors (Lipinski definition) is 1. The van der Waals surface area contributed by atoms with Gasteiger partial charge >= 0.3 is 59.1 Å². The van der Waals surface area contributed by atoms with E-state index in [1.165, 1.54) is 4.70 Å². The molecule has 2 aromatic rings. The molecule has 1 heterocycles. The van der Waals surface area contributed by atoms with E-state index in [0.717, 1.165) is 9.47 Å². The van der Waals surface area contributed by atoms with Crippen molar-refractivity contribution < 1.29 is 59.1 Å². The maximum atomic E-state index is 4.98. The molecule has 1 aromatic heterocycles. The fourth-order valence-corrected chi connectivity index (χ4v) is 2.01.